The van der Waals surface area contributed by atoms with E-state index in [9.17, 15) is 4.79 Å². The number of fused-ring (bicyclic) bond motifs is 1. The first-order valence-electron chi connectivity index (χ1n) is 6.16. The van der Waals surface area contributed by atoms with Crippen molar-refractivity contribution < 1.29 is 9.53 Å². The molecule has 0 aliphatic heterocycles. The number of hydrogen-bond acceptors (Lipinski definition) is 6. The van der Waals surface area contributed by atoms with Gasteiger partial charge in [0, 0.05) is 18.1 Å². The van der Waals surface area contributed by atoms with Gasteiger partial charge >= 0.3 is 0 Å². The van der Waals surface area contributed by atoms with E-state index in [-0.39, 0.29) is 5.60 Å². The highest BCUT2D eigenvalue weighted by molar-refractivity contribution is 7.99. The maximum Gasteiger partial charge on any atom is 0.237 e. The lowest BCUT2D eigenvalue weighted by Gasteiger charge is -2.23. The van der Waals surface area contributed by atoms with Crippen LogP contribution in [0.4, 0.5) is 0 Å². The third-order valence-electron chi connectivity index (χ3n) is 2.29. The van der Waals surface area contributed by atoms with E-state index in [0.29, 0.717) is 5.75 Å². The molecular weight excluding hydrogens is 276 g/mol. The maximum absolute atomic E-state index is 10.4. The van der Waals surface area contributed by atoms with E-state index in [1.807, 2.05) is 32.9 Å². The molecule has 0 radical (unpaired) electrons. The number of hydrogen-bond donors (Lipinski definition) is 0. The van der Waals surface area contributed by atoms with Gasteiger partial charge in [-0.15, -0.1) is 0 Å². The van der Waals surface area contributed by atoms with Crippen molar-refractivity contribution in [1.82, 2.24) is 14.6 Å². The largest absolute Gasteiger partial charge is 0.349 e. The van der Waals surface area contributed by atoms with Crippen LogP contribution in [0, 0.1) is 0 Å². The summed E-state index contributed by atoms with van der Waals surface area (Å²) in [5.74, 6) is 0.500. The number of imidazole rings is 1. The summed E-state index contributed by atoms with van der Waals surface area (Å²) in [6.07, 6.45) is 4.50. The molecule has 0 aliphatic rings. The molecule has 2 aromatic rings. The summed E-state index contributed by atoms with van der Waals surface area (Å²) in [6, 6.07) is 3.77. The minimum absolute atomic E-state index is 0.368. The first-order chi connectivity index (χ1) is 9.48. The van der Waals surface area contributed by atoms with Crippen molar-refractivity contribution in [3.63, 3.8) is 0 Å². The van der Waals surface area contributed by atoms with Crippen molar-refractivity contribution in [3.8, 4) is 0 Å². The minimum Gasteiger partial charge on any atom is -0.349 e. The highest BCUT2D eigenvalue weighted by Gasteiger charge is 2.18. The van der Waals surface area contributed by atoms with Gasteiger partial charge in [-0.25, -0.2) is 14.3 Å². The van der Waals surface area contributed by atoms with Crippen molar-refractivity contribution in [2.24, 2.45) is 4.99 Å². The van der Waals surface area contributed by atoms with Crippen molar-refractivity contribution >= 4 is 23.5 Å². The Kier molecular flexibility index (Phi) is 4.54. The molecule has 0 N–H and O–H groups in total. The molecule has 0 amide bonds. The van der Waals surface area contributed by atoms with Gasteiger partial charge in [-0.1, -0.05) is 11.8 Å². The summed E-state index contributed by atoms with van der Waals surface area (Å²) in [6.45, 7) is 5.75. The van der Waals surface area contributed by atoms with Gasteiger partial charge in [-0.3, -0.25) is 0 Å². The summed E-state index contributed by atoms with van der Waals surface area (Å²) in [5.41, 5.74) is 0.426. The zero-order chi connectivity index (χ0) is 14.6. The van der Waals surface area contributed by atoms with Gasteiger partial charge < -0.3 is 4.74 Å². The van der Waals surface area contributed by atoms with Gasteiger partial charge in [0.15, 0.2) is 11.9 Å². The molecule has 1 atom stereocenters. The molecular formula is C13H16N4O2S. The van der Waals surface area contributed by atoms with Gasteiger partial charge in [0.25, 0.3) is 0 Å². The number of aliphatic imine (C=N–C) groups is 1. The Morgan fingerprint density at radius 2 is 2.30 bits per heavy atom. The van der Waals surface area contributed by atoms with E-state index in [4.69, 9.17) is 4.74 Å². The molecule has 0 saturated heterocycles. The second-order valence-electron chi connectivity index (χ2n) is 5.12. The average Bonchev–Trinajstić information content (AvgIpc) is 2.81. The van der Waals surface area contributed by atoms with Crippen LogP contribution in [0.3, 0.4) is 0 Å². The van der Waals surface area contributed by atoms with Crippen molar-refractivity contribution in [2.45, 2.75) is 37.6 Å². The summed E-state index contributed by atoms with van der Waals surface area (Å²) in [7, 11) is 0. The number of rotatable bonds is 5. The Balaban J connectivity index is 2.02. The van der Waals surface area contributed by atoms with E-state index < -0.39 is 6.23 Å². The summed E-state index contributed by atoms with van der Waals surface area (Å²) < 4.78 is 7.37. The molecule has 6 nitrogen and oxygen atoms in total. The fraction of sp³-hybridized carbons (Fsp3) is 0.462. The normalized spacial score (nSPS) is 13.2. The Hall–Kier alpha value is -1.69. The lowest BCUT2D eigenvalue weighted by molar-refractivity contribution is -0.0445. The van der Waals surface area contributed by atoms with E-state index in [1.54, 1.807) is 23.0 Å². The highest BCUT2D eigenvalue weighted by Crippen LogP contribution is 2.20. The van der Waals surface area contributed by atoms with Crippen molar-refractivity contribution in [2.75, 3.05) is 5.75 Å². The fourth-order valence-electron chi connectivity index (χ4n) is 1.60. The van der Waals surface area contributed by atoms with Crippen molar-refractivity contribution in [1.29, 1.82) is 0 Å². The quantitative estimate of drug-likeness (QED) is 0.480. The summed E-state index contributed by atoms with van der Waals surface area (Å²) in [5, 5.41) is 5.20. The molecule has 106 valence electrons. The zero-order valence-corrected chi connectivity index (χ0v) is 12.4. The third kappa shape index (κ3) is 4.16. The molecule has 7 heteroatoms. The van der Waals surface area contributed by atoms with Gasteiger partial charge in [-0.2, -0.15) is 10.1 Å². The second kappa shape index (κ2) is 6.17. The molecule has 2 rings (SSSR count). The molecule has 0 bridgehead atoms. The first kappa shape index (κ1) is 14.7. The molecule has 20 heavy (non-hydrogen) atoms. The first-order valence-corrected chi connectivity index (χ1v) is 7.14. The lowest BCUT2D eigenvalue weighted by atomic mass is 10.2. The fourth-order valence-corrected chi connectivity index (χ4v) is 2.36. The molecule has 0 aliphatic carbocycles. The molecule has 0 fully saturated rings. The van der Waals surface area contributed by atoms with Crippen LogP contribution in [-0.2, 0) is 9.53 Å². The maximum atomic E-state index is 10.4. The Bertz CT molecular complexity index is 629. The highest BCUT2D eigenvalue weighted by atomic mass is 32.2. The topological polar surface area (TPSA) is 68.8 Å². The monoisotopic (exact) mass is 292 g/mol. The van der Waals surface area contributed by atoms with Crippen LogP contribution >= 0.6 is 11.8 Å². The van der Waals surface area contributed by atoms with E-state index in [1.165, 1.54) is 11.8 Å². The van der Waals surface area contributed by atoms with E-state index in [2.05, 4.69) is 15.1 Å². The number of thioether (sulfide) groups is 1. The molecule has 1 unspecified atom stereocenters. The minimum atomic E-state index is -0.530. The Labute approximate surface area is 121 Å². The predicted molar refractivity (Wildman–Crippen MR) is 76.5 cm³/mol. The summed E-state index contributed by atoms with van der Waals surface area (Å²) in [4.78, 5) is 18.3. The number of isocyanates is 1. The van der Waals surface area contributed by atoms with Gasteiger partial charge in [-0.05, 0) is 32.9 Å². The number of aromatic nitrogens is 3. The molecule has 0 spiro atoms. The molecule has 0 saturated carbocycles. The lowest BCUT2D eigenvalue weighted by Crippen LogP contribution is -2.27. The van der Waals surface area contributed by atoms with Crippen LogP contribution in [0.1, 0.15) is 20.8 Å². The standard InChI is InChI=1S/C13H16N4O2S/c1-13(2,3)19-11(15-9-18)8-20-12-5-4-10-14-6-7-17(10)16-12/h4-7,11H,8H2,1-3H3. The Morgan fingerprint density at radius 1 is 1.50 bits per heavy atom. The average molecular weight is 292 g/mol. The molecule has 0 aromatic carbocycles. The number of carbonyl (C=O) groups excluding carboxylic acids is 1. The van der Waals surface area contributed by atoms with Crippen LogP contribution in [0.15, 0.2) is 34.5 Å². The second-order valence-corrected chi connectivity index (χ2v) is 6.16. The van der Waals surface area contributed by atoms with Crippen LogP contribution < -0.4 is 0 Å². The van der Waals surface area contributed by atoms with Crippen LogP contribution in [0.25, 0.3) is 5.65 Å². The Morgan fingerprint density at radius 3 is 3.00 bits per heavy atom. The number of ether oxygens (including phenoxy) is 1. The van der Waals surface area contributed by atoms with Gasteiger partial charge in [0.2, 0.25) is 6.08 Å². The molecule has 2 aromatic heterocycles. The van der Waals surface area contributed by atoms with E-state index in [0.717, 1.165) is 10.7 Å². The third-order valence-corrected chi connectivity index (χ3v) is 3.26. The molecule has 2 heterocycles. The van der Waals surface area contributed by atoms with Gasteiger partial charge in [0.1, 0.15) is 5.03 Å². The number of nitrogens with zero attached hydrogens (tertiary/aromatic N) is 4. The van der Waals surface area contributed by atoms with Crippen LogP contribution in [-0.4, -0.2) is 38.3 Å². The SMILES string of the molecule is CC(C)(C)OC(CSc1ccc2nccn2n1)N=C=O. The van der Waals surface area contributed by atoms with Crippen LogP contribution in [0.5, 0.6) is 0 Å². The van der Waals surface area contributed by atoms with Crippen molar-refractivity contribution in [3.05, 3.63) is 24.5 Å². The van der Waals surface area contributed by atoms with E-state index >= 15 is 0 Å². The van der Waals surface area contributed by atoms with Gasteiger partial charge in [0.05, 0.1) is 5.60 Å². The summed E-state index contributed by atoms with van der Waals surface area (Å²) >= 11 is 1.47. The van der Waals surface area contributed by atoms with Crippen LogP contribution in [0.2, 0.25) is 0 Å². The predicted octanol–water partition coefficient (Wildman–Crippen LogP) is 2.30. The zero-order valence-electron chi connectivity index (χ0n) is 11.6. The smallest absolute Gasteiger partial charge is 0.237 e.